The second kappa shape index (κ2) is 9.95. The molecule has 8 heteroatoms. The van der Waals surface area contributed by atoms with Crippen LogP contribution >= 0.6 is 11.6 Å². The van der Waals surface area contributed by atoms with Crippen molar-refractivity contribution in [1.82, 2.24) is 14.9 Å². The Morgan fingerprint density at radius 2 is 1.81 bits per heavy atom. The third-order valence-electron chi connectivity index (χ3n) is 7.20. The fourth-order valence-corrected chi connectivity index (χ4v) is 5.31. The Morgan fingerprint density at radius 1 is 1.11 bits per heavy atom. The minimum Gasteiger partial charge on any atom is -0.339 e. The van der Waals surface area contributed by atoms with E-state index in [1.54, 1.807) is 6.21 Å². The second-order valence-electron chi connectivity index (χ2n) is 10.9. The molecular weight excluding hydrogens is 489 g/mol. The van der Waals surface area contributed by atoms with Crippen LogP contribution in [0.5, 0.6) is 0 Å². The minimum atomic E-state index is -0.228. The molecule has 194 valence electrons. The summed E-state index contributed by atoms with van der Waals surface area (Å²) in [5.74, 6) is 1.46. The molecule has 0 radical (unpaired) electrons. The van der Waals surface area contributed by atoms with Crippen LogP contribution in [0, 0.1) is 12.7 Å². The Hall–Kier alpha value is -3.16. The minimum absolute atomic E-state index is 0.0626. The molecule has 2 aromatic rings. The van der Waals surface area contributed by atoms with Gasteiger partial charge in [0.25, 0.3) is 5.91 Å². The van der Waals surface area contributed by atoms with Gasteiger partial charge in [-0.25, -0.2) is 19.4 Å². The van der Waals surface area contributed by atoms with Crippen molar-refractivity contribution >= 4 is 29.4 Å². The van der Waals surface area contributed by atoms with E-state index in [1.165, 1.54) is 12.1 Å². The van der Waals surface area contributed by atoms with Gasteiger partial charge < -0.3 is 10.2 Å². The molecular formula is C29H33ClFN5O. The van der Waals surface area contributed by atoms with E-state index < -0.39 is 0 Å². The van der Waals surface area contributed by atoms with Gasteiger partial charge in [-0.1, -0.05) is 29.8 Å². The quantitative estimate of drug-likeness (QED) is 0.530. The number of rotatable bonds is 4. The van der Waals surface area contributed by atoms with E-state index in [4.69, 9.17) is 11.6 Å². The molecule has 0 saturated carbocycles. The maximum Gasteiger partial charge on any atom is 0.259 e. The highest BCUT2D eigenvalue weighted by atomic mass is 35.5. The van der Waals surface area contributed by atoms with Gasteiger partial charge in [-0.3, -0.25) is 4.79 Å². The maximum atomic E-state index is 13.9. The average Bonchev–Trinajstić information content (AvgIpc) is 3.32. The third kappa shape index (κ3) is 5.15. The molecule has 3 aliphatic rings. The molecule has 0 atom stereocenters. The van der Waals surface area contributed by atoms with E-state index in [1.807, 2.05) is 47.2 Å². The number of hydrogen-bond donors (Lipinski definition) is 1. The zero-order chi connectivity index (χ0) is 26.3. The van der Waals surface area contributed by atoms with Crippen molar-refractivity contribution in [3.05, 3.63) is 87.7 Å². The summed E-state index contributed by atoms with van der Waals surface area (Å²) in [5, 5.41) is 8.28. The summed E-state index contributed by atoms with van der Waals surface area (Å²) in [6, 6.07) is 12.5. The molecule has 37 heavy (non-hydrogen) atoms. The summed E-state index contributed by atoms with van der Waals surface area (Å²) in [4.78, 5) is 20.5. The molecule has 0 spiro atoms. The maximum absolute atomic E-state index is 13.9. The van der Waals surface area contributed by atoms with Gasteiger partial charge in [0, 0.05) is 31.4 Å². The summed E-state index contributed by atoms with van der Waals surface area (Å²) >= 11 is 6.56. The number of fused-ring (bicyclic) bond motifs is 1. The number of carbonyl (C=O) groups is 1. The van der Waals surface area contributed by atoms with Crippen LogP contribution in [0.15, 0.2) is 70.7 Å². The number of nitrogens with one attached hydrogen (secondary N) is 1. The first-order valence-electron chi connectivity index (χ1n) is 12.8. The Morgan fingerprint density at radius 3 is 2.49 bits per heavy atom. The van der Waals surface area contributed by atoms with Gasteiger partial charge >= 0.3 is 0 Å². The highest BCUT2D eigenvalue weighted by molar-refractivity contribution is 6.33. The van der Waals surface area contributed by atoms with Gasteiger partial charge in [0.2, 0.25) is 0 Å². The summed E-state index contributed by atoms with van der Waals surface area (Å²) in [7, 11) is 0. The first kappa shape index (κ1) is 25.5. The average molecular weight is 522 g/mol. The van der Waals surface area contributed by atoms with E-state index in [0.717, 1.165) is 35.5 Å². The van der Waals surface area contributed by atoms with Gasteiger partial charge in [0.15, 0.2) is 0 Å². The Bertz CT molecular complexity index is 1290. The van der Waals surface area contributed by atoms with Gasteiger partial charge in [-0.2, -0.15) is 0 Å². The molecule has 0 unspecified atom stereocenters. The lowest BCUT2D eigenvalue weighted by atomic mass is 9.89. The Kier molecular flexibility index (Phi) is 6.86. The molecule has 3 heterocycles. The second-order valence-corrected chi connectivity index (χ2v) is 11.3. The smallest absolute Gasteiger partial charge is 0.259 e. The number of hydrazine groups is 1. The van der Waals surface area contributed by atoms with Crippen LogP contribution in [-0.2, 0) is 4.79 Å². The third-order valence-corrected chi connectivity index (χ3v) is 7.53. The number of halogens is 2. The molecule has 0 aliphatic carbocycles. The molecule has 0 bridgehead atoms. The molecule has 0 aromatic heterocycles. The van der Waals surface area contributed by atoms with Gasteiger partial charge in [-0.05, 0) is 87.9 Å². The number of piperidine rings is 1. The Labute approximate surface area is 223 Å². The predicted octanol–water partition coefficient (Wildman–Crippen LogP) is 6.07. The number of hydrogen-bond acceptors (Lipinski definition) is 5. The number of nitrogens with zero attached hydrogens (tertiary/aromatic N) is 4. The van der Waals surface area contributed by atoms with Crippen LogP contribution in [0.4, 0.5) is 10.1 Å². The number of aryl methyl sites for hydroxylation is 1. The van der Waals surface area contributed by atoms with E-state index >= 15 is 0 Å². The highest BCUT2D eigenvalue weighted by Gasteiger charge is 2.39. The van der Waals surface area contributed by atoms with Crippen LogP contribution in [0.1, 0.15) is 50.7 Å². The fraction of sp³-hybridized carbons (Fsp3) is 0.379. The van der Waals surface area contributed by atoms with Crippen molar-refractivity contribution in [3.63, 3.8) is 0 Å². The zero-order valence-corrected chi connectivity index (χ0v) is 22.5. The zero-order valence-electron chi connectivity index (χ0n) is 21.8. The van der Waals surface area contributed by atoms with Crippen LogP contribution in [0.25, 0.3) is 0 Å². The standard InChI is InChI=1S/C29H33ClFN5O/c1-19-5-10-24(30)25(17-19)33-27-23(18-32-26-13-16-35(36(26)27)29(2,3)4)28(37)34-14-11-21(12-15-34)20-6-8-22(31)9-7-20/h5-10,13,17-18,21,33H,11-12,14-16H2,1-4H3. The van der Waals surface area contributed by atoms with Crippen molar-refractivity contribution in [3.8, 4) is 0 Å². The molecule has 1 amide bonds. The lowest BCUT2D eigenvalue weighted by molar-refractivity contribution is -0.128. The van der Waals surface area contributed by atoms with Gasteiger partial charge in [0.1, 0.15) is 23.0 Å². The SMILES string of the molecule is Cc1ccc(Cl)c(NC2=C(C(=O)N3CCC(c4ccc(F)cc4)CC3)C=NC3=CCN(C(C)(C)C)N32)c1. The van der Waals surface area contributed by atoms with E-state index in [0.29, 0.717) is 42.0 Å². The topological polar surface area (TPSA) is 51.2 Å². The summed E-state index contributed by atoms with van der Waals surface area (Å²) < 4.78 is 13.4. The van der Waals surface area contributed by atoms with Crippen molar-refractivity contribution < 1.29 is 9.18 Å². The summed E-state index contributed by atoms with van der Waals surface area (Å²) in [5.41, 5.74) is 3.24. The van der Waals surface area contributed by atoms with Crippen molar-refractivity contribution in [2.45, 2.75) is 52.0 Å². The number of benzene rings is 2. The lowest BCUT2D eigenvalue weighted by Crippen LogP contribution is -2.51. The molecule has 1 saturated heterocycles. The van der Waals surface area contributed by atoms with Crippen LogP contribution in [-0.4, -0.2) is 52.2 Å². The fourth-order valence-electron chi connectivity index (χ4n) is 5.14. The molecule has 1 fully saturated rings. The van der Waals surface area contributed by atoms with E-state index in [2.05, 4.69) is 42.2 Å². The summed E-state index contributed by atoms with van der Waals surface area (Å²) in [6.45, 7) is 10.4. The monoisotopic (exact) mass is 521 g/mol. The van der Waals surface area contributed by atoms with Gasteiger partial charge in [-0.15, -0.1) is 0 Å². The number of likely N-dealkylation sites (tertiary alicyclic amines) is 1. The lowest BCUT2D eigenvalue weighted by Gasteiger charge is -2.43. The van der Waals surface area contributed by atoms with Crippen molar-refractivity contribution in [2.24, 2.45) is 4.99 Å². The number of aliphatic imine (C=N–C) groups is 1. The van der Waals surface area contributed by atoms with E-state index in [9.17, 15) is 9.18 Å². The number of carbonyl (C=O) groups excluding carboxylic acids is 1. The normalized spacial score (nSPS) is 18.8. The van der Waals surface area contributed by atoms with Crippen LogP contribution in [0.3, 0.4) is 0 Å². The molecule has 5 rings (SSSR count). The highest BCUT2D eigenvalue weighted by Crippen LogP contribution is 2.36. The van der Waals surface area contributed by atoms with Crippen molar-refractivity contribution in [1.29, 1.82) is 0 Å². The molecule has 6 nitrogen and oxygen atoms in total. The number of amides is 1. The number of anilines is 1. The summed E-state index contributed by atoms with van der Waals surface area (Å²) in [6.07, 6.45) is 5.40. The van der Waals surface area contributed by atoms with Crippen LogP contribution in [0.2, 0.25) is 5.02 Å². The van der Waals surface area contributed by atoms with Crippen molar-refractivity contribution in [2.75, 3.05) is 25.0 Å². The Balaban J connectivity index is 1.45. The van der Waals surface area contributed by atoms with Gasteiger partial charge in [0.05, 0.1) is 10.7 Å². The van der Waals surface area contributed by atoms with Crippen LogP contribution < -0.4 is 5.32 Å². The molecule has 3 aliphatic heterocycles. The predicted molar refractivity (Wildman–Crippen MR) is 147 cm³/mol. The molecule has 2 aromatic carbocycles. The largest absolute Gasteiger partial charge is 0.339 e. The van der Waals surface area contributed by atoms with E-state index in [-0.39, 0.29) is 17.3 Å². The molecule has 1 N–H and O–H groups in total. The first-order valence-corrected chi connectivity index (χ1v) is 13.1. The first-order chi connectivity index (χ1) is 17.6.